The maximum absolute atomic E-state index is 12.8. The quantitative estimate of drug-likeness (QED) is 0.316. The molecule has 204 valence electrons. The van der Waals surface area contributed by atoms with Crippen LogP contribution in [-0.4, -0.2) is 68.5 Å². The first-order valence-electron chi connectivity index (χ1n) is 13.2. The minimum Gasteiger partial charge on any atom is -0.388 e. The van der Waals surface area contributed by atoms with Crippen molar-refractivity contribution in [2.45, 2.75) is 56.5 Å². The highest BCUT2D eigenvalue weighted by Crippen LogP contribution is 2.27. The molecule has 8 heteroatoms. The maximum atomic E-state index is 12.8. The summed E-state index contributed by atoms with van der Waals surface area (Å²) in [5.41, 5.74) is 7.69. The van der Waals surface area contributed by atoms with Gasteiger partial charge in [0, 0.05) is 13.5 Å². The number of carbonyl (C=O) groups is 1. The SMILES string of the molecule is COC[C@H]1O[C@H](OCCc2ccccc2)[C@H](NC(=O)CCCN)[C@H](OCc2ccc3ccccc3c2)[C@@H]1O. The van der Waals surface area contributed by atoms with Gasteiger partial charge in [-0.05, 0) is 47.4 Å². The first-order chi connectivity index (χ1) is 18.6. The Morgan fingerprint density at radius 1 is 1.00 bits per heavy atom. The number of hydrogen-bond donors (Lipinski definition) is 3. The summed E-state index contributed by atoms with van der Waals surface area (Å²) in [5.74, 6) is -0.197. The van der Waals surface area contributed by atoms with Crippen LogP contribution in [0.2, 0.25) is 0 Å². The fourth-order valence-electron chi connectivity index (χ4n) is 4.69. The van der Waals surface area contributed by atoms with Crippen molar-refractivity contribution in [2.75, 3.05) is 26.9 Å². The van der Waals surface area contributed by atoms with E-state index in [1.165, 1.54) is 0 Å². The molecule has 3 aromatic rings. The normalized spacial score (nSPS) is 23.4. The summed E-state index contributed by atoms with van der Waals surface area (Å²) in [5, 5.41) is 16.5. The van der Waals surface area contributed by atoms with Crippen molar-refractivity contribution < 1.29 is 28.8 Å². The molecule has 38 heavy (non-hydrogen) atoms. The average molecular weight is 523 g/mol. The predicted octanol–water partition coefficient (Wildman–Crippen LogP) is 2.94. The number of ether oxygens (including phenoxy) is 4. The van der Waals surface area contributed by atoms with Gasteiger partial charge in [-0.3, -0.25) is 4.79 Å². The van der Waals surface area contributed by atoms with Crippen LogP contribution in [0.25, 0.3) is 10.8 Å². The molecule has 1 aliphatic heterocycles. The van der Waals surface area contributed by atoms with Gasteiger partial charge in [0.1, 0.15) is 24.4 Å². The third kappa shape index (κ3) is 7.60. The molecule has 1 fully saturated rings. The smallest absolute Gasteiger partial charge is 0.220 e. The molecule has 1 amide bonds. The molecule has 3 aromatic carbocycles. The van der Waals surface area contributed by atoms with Gasteiger partial charge in [0.2, 0.25) is 5.91 Å². The van der Waals surface area contributed by atoms with Crippen molar-refractivity contribution in [1.82, 2.24) is 5.32 Å². The number of aliphatic hydroxyl groups is 1. The van der Waals surface area contributed by atoms with Gasteiger partial charge in [0.25, 0.3) is 0 Å². The predicted molar refractivity (Wildman–Crippen MR) is 145 cm³/mol. The topological polar surface area (TPSA) is 112 Å². The fourth-order valence-corrected chi connectivity index (χ4v) is 4.69. The molecule has 0 saturated carbocycles. The van der Waals surface area contributed by atoms with E-state index < -0.39 is 30.6 Å². The number of nitrogens with one attached hydrogen (secondary N) is 1. The molecule has 1 aliphatic rings. The molecule has 4 rings (SSSR count). The first-order valence-corrected chi connectivity index (χ1v) is 13.2. The largest absolute Gasteiger partial charge is 0.388 e. The number of benzene rings is 3. The molecular formula is C30H38N2O6. The molecule has 1 saturated heterocycles. The number of fused-ring (bicyclic) bond motifs is 1. The van der Waals surface area contributed by atoms with E-state index >= 15 is 0 Å². The Labute approximate surface area is 224 Å². The highest BCUT2D eigenvalue weighted by atomic mass is 16.7. The Morgan fingerprint density at radius 3 is 2.53 bits per heavy atom. The van der Waals surface area contributed by atoms with Crippen LogP contribution in [0.3, 0.4) is 0 Å². The van der Waals surface area contributed by atoms with Crippen molar-refractivity contribution >= 4 is 16.7 Å². The van der Waals surface area contributed by atoms with E-state index in [9.17, 15) is 9.90 Å². The lowest BCUT2D eigenvalue weighted by Crippen LogP contribution is -2.65. The molecule has 1 heterocycles. The van der Waals surface area contributed by atoms with Crippen LogP contribution in [0.1, 0.15) is 24.0 Å². The number of amides is 1. The Hall–Kier alpha value is -2.85. The summed E-state index contributed by atoms with van der Waals surface area (Å²) < 4.78 is 23.9. The van der Waals surface area contributed by atoms with Crippen LogP contribution in [0.15, 0.2) is 72.8 Å². The van der Waals surface area contributed by atoms with Crippen molar-refractivity contribution in [3.8, 4) is 0 Å². The molecule has 0 spiro atoms. The van der Waals surface area contributed by atoms with Gasteiger partial charge in [0.05, 0.1) is 19.8 Å². The minimum absolute atomic E-state index is 0.156. The molecule has 0 aromatic heterocycles. The van der Waals surface area contributed by atoms with Gasteiger partial charge in [-0.15, -0.1) is 0 Å². The number of rotatable bonds is 13. The standard InChI is InChI=1S/C30H38N2O6/c1-35-20-25-28(34)29(37-19-22-13-14-23-10-5-6-11-24(23)18-22)27(32-26(33)12-7-16-31)30(38-25)36-17-15-21-8-3-2-4-9-21/h2-6,8-11,13-14,18,25,27-30,34H,7,12,15-17,19-20,31H2,1H3,(H,32,33)/t25-,27-,28-,29+,30+/m1/s1. The molecule has 5 atom stereocenters. The van der Waals surface area contributed by atoms with Crippen LogP contribution in [0, 0.1) is 0 Å². The van der Waals surface area contributed by atoms with Gasteiger partial charge in [-0.25, -0.2) is 0 Å². The van der Waals surface area contributed by atoms with E-state index in [0.717, 1.165) is 21.9 Å². The van der Waals surface area contributed by atoms with Gasteiger partial charge in [-0.1, -0.05) is 66.7 Å². The van der Waals surface area contributed by atoms with Crippen molar-refractivity contribution in [3.63, 3.8) is 0 Å². The second kappa shape index (κ2) is 14.3. The lowest BCUT2D eigenvalue weighted by atomic mass is 9.96. The summed E-state index contributed by atoms with van der Waals surface area (Å²) in [6.45, 7) is 1.19. The second-order valence-corrected chi connectivity index (χ2v) is 9.54. The molecule has 8 nitrogen and oxygen atoms in total. The van der Waals surface area contributed by atoms with Crippen molar-refractivity contribution in [1.29, 1.82) is 0 Å². The number of carbonyl (C=O) groups excluding carboxylic acids is 1. The summed E-state index contributed by atoms with van der Waals surface area (Å²) in [6.07, 6.45) is -1.83. The van der Waals surface area contributed by atoms with Gasteiger partial charge in [0.15, 0.2) is 6.29 Å². The highest BCUT2D eigenvalue weighted by Gasteiger charge is 2.47. The molecular weight excluding hydrogens is 484 g/mol. The first kappa shape index (κ1) is 28.2. The number of aliphatic hydroxyl groups excluding tert-OH is 1. The summed E-state index contributed by atoms with van der Waals surface area (Å²) >= 11 is 0. The van der Waals surface area contributed by atoms with E-state index in [0.29, 0.717) is 26.0 Å². The van der Waals surface area contributed by atoms with E-state index in [2.05, 4.69) is 17.4 Å². The Kier molecular flexibility index (Phi) is 10.6. The van der Waals surface area contributed by atoms with E-state index in [-0.39, 0.29) is 25.5 Å². The Morgan fingerprint density at radius 2 is 1.76 bits per heavy atom. The fraction of sp³-hybridized carbons (Fsp3) is 0.433. The molecule has 0 bridgehead atoms. The molecule has 4 N–H and O–H groups in total. The zero-order chi connectivity index (χ0) is 26.7. The summed E-state index contributed by atoms with van der Waals surface area (Å²) in [7, 11) is 1.55. The van der Waals surface area contributed by atoms with Crippen LogP contribution in [0.4, 0.5) is 0 Å². The zero-order valence-electron chi connectivity index (χ0n) is 21.8. The molecule has 0 unspecified atom stereocenters. The zero-order valence-corrected chi connectivity index (χ0v) is 21.8. The van der Waals surface area contributed by atoms with Gasteiger partial charge >= 0.3 is 0 Å². The van der Waals surface area contributed by atoms with E-state index in [1.54, 1.807) is 7.11 Å². The number of methoxy groups -OCH3 is 1. The maximum Gasteiger partial charge on any atom is 0.220 e. The second-order valence-electron chi connectivity index (χ2n) is 9.54. The third-order valence-corrected chi connectivity index (χ3v) is 6.71. The highest BCUT2D eigenvalue weighted by molar-refractivity contribution is 5.83. The monoisotopic (exact) mass is 522 g/mol. The van der Waals surface area contributed by atoms with Gasteiger partial charge in [-0.2, -0.15) is 0 Å². The van der Waals surface area contributed by atoms with Crippen LogP contribution in [0.5, 0.6) is 0 Å². The lowest BCUT2D eigenvalue weighted by molar-refractivity contribution is -0.279. The van der Waals surface area contributed by atoms with E-state index in [1.807, 2.05) is 60.7 Å². The minimum atomic E-state index is -1.04. The third-order valence-electron chi connectivity index (χ3n) is 6.71. The van der Waals surface area contributed by atoms with Crippen molar-refractivity contribution in [2.24, 2.45) is 5.73 Å². The Bertz CT molecular complexity index is 1140. The Balaban J connectivity index is 1.52. The number of nitrogens with two attached hydrogens (primary N) is 1. The van der Waals surface area contributed by atoms with Crippen molar-refractivity contribution in [3.05, 3.63) is 83.9 Å². The van der Waals surface area contributed by atoms with Gasteiger partial charge < -0.3 is 35.1 Å². The van der Waals surface area contributed by atoms with Crippen LogP contribution < -0.4 is 11.1 Å². The number of hydrogen-bond acceptors (Lipinski definition) is 7. The summed E-state index contributed by atoms with van der Waals surface area (Å²) in [6, 6.07) is 23.5. The lowest BCUT2D eigenvalue weighted by Gasteiger charge is -2.44. The van der Waals surface area contributed by atoms with Crippen LogP contribution >= 0.6 is 0 Å². The molecule has 0 radical (unpaired) electrons. The van der Waals surface area contributed by atoms with Crippen LogP contribution in [-0.2, 0) is 36.8 Å². The molecule has 0 aliphatic carbocycles. The summed E-state index contributed by atoms with van der Waals surface area (Å²) in [4.78, 5) is 12.8. The average Bonchev–Trinajstić information content (AvgIpc) is 2.94. The van der Waals surface area contributed by atoms with E-state index in [4.69, 9.17) is 24.7 Å².